The third kappa shape index (κ3) is 5.96. The average molecular weight is 284 g/mol. The van der Waals surface area contributed by atoms with Gasteiger partial charge in [0.05, 0.1) is 0 Å². The minimum atomic E-state index is -0.924. The summed E-state index contributed by atoms with van der Waals surface area (Å²) in [5.74, 6) is -0.404. The first-order valence-electron chi connectivity index (χ1n) is 5.89. The van der Waals surface area contributed by atoms with Crippen LogP contribution in [0.4, 0.5) is 5.69 Å². The number of carboxylic acid groups (broad SMARTS) is 1. The Balaban J connectivity index is 2.64. The molecule has 1 aromatic rings. The number of aliphatic carboxylic acids is 1. The number of anilines is 1. The van der Waals surface area contributed by atoms with Crippen molar-refractivity contribution in [2.24, 2.45) is 0 Å². The second-order valence-corrected chi connectivity index (χ2v) is 4.31. The average Bonchev–Trinajstić information content (AvgIpc) is 2.41. The van der Waals surface area contributed by atoms with Crippen LogP contribution < -0.4 is 10.5 Å². The third-order valence-corrected chi connectivity index (χ3v) is 2.66. The maximum Gasteiger partial charge on any atom is 0.396 e. The van der Waals surface area contributed by atoms with Gasteiger partial charge in [0.25, 0.3) is 0 Å². The van der Waals surface area contributed by atoms with Gasteiger partial charge < -0.3 is 20.3 Å². The maximum absolute atomic E-state index is 11.1. The molecule has 3 N–H and O–H groups in total. The first-order chi connectivity index (χ1) is 9.17. The molecule has 0 aliphatic carbocycles. The molecule has 1 rings (SSSR count). The van der Waals surface area contributed by atoms with Gasteiger partial charge in [0.1, 0.15) is 6.04 Å². The molecule has 0 saturated heterocycles. The van der Waals surface area contributed by atoms with E-state index in [0.717, 1.165) is 11.3 Å². The highest BCUT2D eigenvalue weighted by atomic mass is 35.5. The van der Waals surface area contributed by atoms with Crippen LogP contribution in [0.5, 0.6) is 0 Å². The van der Waals surface area contributed by atoms with E-state index in [1.54, 1.807) is 0 Å². The van der Waals surface area contributed by atoms with E-state index in [1.165, 1.54) is 14.7 Å². The number of carboxylic acids is 1. The van der Waals surface area contributed by atoms with Crippen molar-refractivity contribution < 1.29 is 14.6 Å². The minimum Gasteiger partial charge on any atom is -0.480 e. The standard InChI is InChI=1S/C12H17BClN2O3/c1-19-13-16-11(12(17)18)8-9-3-2-4-10(7-9)15-6-5-14/h2-4,7,11,15-16H,5-6,8H2,1H3,(H,17,18). The van der Waals surface area contributed by atoms with E-state index < -0.39 is 12.0 Å². The van der Waals surface area contributed by atoms with Crippen LogP contribution in [0.3, 0.4) is 0 Å². The zero-order valence-electron chi connectivity index (χ0n) is 10.7. The predicted molar refractivity (Wildman–Crippen MR) is 76.7 cm³/mol. The lowest BCUT2D eigenvalue weighted by Gasteiger charge is -2.14. The van der Waals surface area contributed by atoms with Gasteiger partial charge in [-0.25, -0.2) is 0 Å². The largest absolute Gasteiger partial charge is 0.480 e. The molecule has 0 aliphatic rings. The Morgan fingerprint density at radius 1 is 1.58 bits per heavy atom. The van der Waals surface area contributed by atoms with Gasteiger partial charge in [-0.3, -0.25) is 4.79 Å². The SMILES string of the molecule is CO[B]NC(Cc1cccc(NCCCl)c1)C(=O)O. The molecule has 0 aromatic heterocycles. The second kappa shape index (κ2) is 8.80. The van der Waals surface area contributed by atoms with E-state index in [0.29, 0.717) is 18.8 Å². The van der Waals surface area contributed by atoms with Crippen LogP contribution in [0.15, 0.2) is 24.3 Å². The first-order valence-corrected chi connectivity index (χ1v) is 6.43. The quantitative estimate of drug-likeness (QED) is 0.468. The lowest BCUT2D eigenvalue weighted by atomic mass is 10.0. The number of hydrogen-bond acceptors (Lipinski definition) is 4. The van der Waals surface area contributed by atoms with Crippen molar-refractivity contribution >= 4 is 30.9 Å². The van der Waals surface area contributed by atoms with Crippen molar-refractivity contribution in [1.29, 1.82) is 0 Å². The molecular formula is C12H17BClN2O3. The number of carbonyl (C=O) groups is 1. The molecule has 1 unspecified atom stereocenters. The van der Waals surface area contributed by atoms with Crippen LogP contribution in [-0.2, 0) is 15.9 Å². The monoisotopic (exact) mass is 283 g/mol. The van der Waals surface area contributed by atoms with E-state index >= 15 is 0 Å². The molecule has 0 aliphatic heterocycles. The summed E-state index contributed by atoms with van der Waals surface area (Å²) in [6.07, 6.45) is 0.367. The summed E-state index contributed by atoms with van der Waals surface area (Å²) in [5, 5.41) is 14.9. The number of nitrogens with one attached hydrogen (secondary N) is 2. The zero-order valence-corrected chi connectivity index (χ0v) is 11.5. The fraction of sp³-hybridized carbons (Fsp3) is 0.417. The number of benzene rings is 1. The van der Waals surface area contributed by atoms with E-state index in [4.69, 9.17) is 21.4 Å². The van der Waals surface area contributed by atoms with Crippen molar-refractivity contribution in [3.8, 4) is 0 Å². The molecule has 0 saturated carbocycles. The van der Waals surface area contributed by atoms with Crippen LogP contribution in [0.2, 0.25) is 0 Å². The molecule has 7 heteroatoms. The normalized spacial score (nSPS) is 11.9. The van der Waals surface area contributed by atoms with Crippen LogP contribution >= 0.6 is 11.6 Å². The molecule has 0 spiro atoms. The van der Waals surface area contributed by atoms with Crippen molar-refractivity contribution in [2.45, 2.75) is 12.5 Å². The Bertz CT molecular complexity index is 406. The number of halogens is 1. The van der Waals surface area contributed by atoms with Gasteiger partial charge in [0.2, 0.25) is 0 Å². The summed E-state index contributed by atoms with van der Waals surface area (Å²) in [7, 11) is 2.73. The van der Waals surface area contributed by atoms with Gasteiger partial charge in [0, 0.05) is 25.2 Å². The van der Waals surface area contributed by atoms with Crippen molar-refractivity contribution in [2.75, 3.05) is 24.9 Å². The summed E-state index contributed by atoms with van der Waals surface area (Å²) in [6.45, 7) is 0.670. The van der Waals surface area contributed by atoms with Crippen LogP contribution in [-0.4, -0.2) is 44.3 Å². The van der Waals surface area contributed by atoms with Crippen LogP contribution in [0, 0.1) is 0 Å². The topological polar surface area (TPSA) is 70.6 Å². The fourth-order valence-electron chi connectivity index (χ4n) is 1.60. The molecule has 0 amide bonds. The first kappa shape index (κ1) is 15.8. The predicted octanol–water partition coefficient (Wildman–Crippen LogP) is 1.10. The summed E-state index contributed by atoms with van der Waals surface area (Å²) < 4.78 is 4.71. The summed E-state index contributed by atoms with van der Waals surface area (Å²) in [4.78, 5) is 11.1. The van der Waals surface area contributed by atoms with Gasteiger partial charge in [-0.05, 0) is 24.1 Å². The zero-order chi connectivity index (χ0) is 14.1. The van der Waals surface area contributed by atoms with E-state index in [9.17, 15) is 4.79 Å². The smallest absolute Gasteiger partial charge is 0.396 e. The molecule has 5 nitrogen and oxygen atoms in total. The molecule has 1 atom stereocenters. The molecule has 1 radical (unpaired) electrons. The molecule has 0 bridgehead atoms. The van der Waals surface area contributed by atoms with E-state index in [1.807, 2.05) is 24.3 Å². The second-order valence-electron chi connectivity index (χ2n) is 3.93. The molecule has 103 valence electrons. The van der Waals surface area contributed by atoms with Gasteiger partial charge in [-0.15, -0.1) is 11.6 Å². The number of alkyl halides is 1. The molecule has 0 fully saturated rings. The van der Waals surface area contributed by atoms with Gasteiger partial charge in [0.15, 0.2) is 0 Å². The summed E-state index contributed by atoms with van der Waals surface area (Å²) in [5.41, 5.74) is 1.85. The Morgan fingerprint density at radius 3 is 3.00 bits per heavy atom. The highest BCUT2D eigenvalue weighted by molar-refractivity contribution is 6.24. The van der Waals surface area contributed by atoms with Gasteiger partial charge >= 0.3 is 13.6 Å². The molecule has 0 heterocycles. The molecule has 1 aromatic carbocycles. The van der Waals surface area contributed by atoms with Gasteiger partial charge in [-0.1, -0.05) is 12.1 Å². The van der Waals surface area contributed by atoms with Crippen LogP contribution in [0.1, 0.15) is 5.56 Å². The molecule has 19 heavy (non-hydrogen) atoms. The lowest BCUT2D eigenvalue weighted by Crippen LogP contribution is -2.41. The molecular weight excluding hydrogens is 266 g/mol. The number of rotatable bonds is 9. The Labute approximate surface area is 118 Å². The maximum atomic E-state index is 11.1. The fourth-order valence-corrected chi connectivity index (χ4v) is 1.70. The highest BCUT2D eigenvalue weighted by Crippen LogP contribution is 2.12. The minimum absolute atomic E-state index is 0.367. The van der Waals surface area contributed by atoms with Crippen molar-refractivity contribution in [3.05, 3.63) is 29.8 Å². The van der Waals surface area contributed by atoms with E-state index in [-0.39, 0.29) is 0 Å². The summed E-state index contributed by atoms with van der Waals surface area (Å²) in [6, 6.07) is 6.88. The highest BCUT2D eigenvalue weighted by Gasteiger charge is 2.17. The third-order valence-electron chi connectivity index (χ3n) is 2.48. The Morgan fingerprint density at radius 2 is 2.37 bits per heavy atom. The van der Waals surface area contributed by atoms with Crippen molar-refractivity contribution in [3.63, 3.8) is 0 Å². The number of hydrogen-bond donors (Lipinski definition) is 3. The Kier molecular flexibility index (Phi) is 7.32. The van der Waals surface area contributed by atoms with E-state index in [2.05, 4.69) is 10.5 Å². The Hall–Kier alpha value is -1.24. The van der Waals surface area contributed by atoms with Gasteiger partial charge in [-0.2, -0.15) is 0 Å². The summed E-state index contributed by atoms with van der Waals surface area (Å²) >= 11 is 5.61. The lowest BCUT2D eigenvalue weighted by molar-refractivity contribution is -0.139. The van der Waals surface area contributed by atoms with Crippen LogP contribution in [0.25, 0.3) is 0 Å². The van der Waals surface area contributed by atoms with Crippen molar-refractivity contribution in [1.82, 2.24) is 5.23 Å².